The van der Waals surface area contributed by atoms with Crippen LogP contribution in [0.1, 0.15) is 44.9 Å². The van der Waals surface area contributed by atoms with E-state index >= 15 is 0 Å². The third-order valence-corrected chi connectivity index (χ3v) is 3.98. The van der Waals surface area contributed by atoms with Gasteiger partial charge in [-0.25, -0.2) is 9.59 Å². The number of amides is 2. The Labute approximate surface area is 120 Å². The van der Waals surface area contributed by atoms with Crippen LogP contribution < -0.4 is 10.6 Å². The number of hydrogen-bond acceptors (Lipinski definition) is 3. The van der Waals surface area contributed by atoms with Crippen molar-refractivity contribution >= 4 is 12.0 Å². The molecule has 6 nitrogen and oxygen atoms in total. The van der Waals surface area contributed by atoms with Gasteiger partial charge < -0.3 is 20.6 Å². The van der Waals surface area contributed by atoms with E-state index in [9.17, 15) is 14.7 Å². The second-order valence-electron chi connectivity index (χ2n) is 5.61. The first kappa shape index (κ1) is 16.8. The second kappa shape index (κ2) is 8.09. The maximum absolute atomic E-state index is 12.2. The molecule has 0 unspecified atom stereocenters. The average Bonchev–Trinajstić information content (AvgIpc) is 2.65. The first-order chi connectivity index (χ1) is 9.52. The zero-order valence-corrected chi connectivity index (χ0v) is 12.6. The molecule has 0 spiro atoms. The Balaban J connectivity index is 2.60. The fourth-order valence-corrected chi connectivity index (χ4v) is 2.62. The number of aliphatic carboxylic acids is 1. The zero-order chi connectivity index (χ0) is 15.0. The monoisotopic (exact) mass is 285 g/mol. The van der Waals surface area contributed by atoms with E-state index in [4.69, 9.17) is 0 Å². The number of carboxylic acid groups (broad SMARTS) is 1. The van der Waals surface area contributed by atoms with E-state index in [1.165, 1.54) is 0 Å². The van der Waals surface area contributed by atoms with Gasteiger partial charge in [-0.15, -0.1) is 0 Å². The molecule has 0 aromatic heterocycles. The van der Waals surface area contributed by atoms with Gasteiger partial charge in [-0.1, -0.05) is 25.7 Å². The highest BCUT2D eigenvalue weighted by molar-refractivity contribution is 5.86. The highest BCUT2D eigenvalue weighted by Crippen LogP contribution is 2.27. The maximum Gasteiger partial charge on any atom is 0.329 e. The molecule has 0 atom stereocenters. The highest BCUT2D eigenvalue weighted by atomic mass is 16.4. The lowest BCUT2D eigenvalue weighted by molar-refractivity contribution is -0.145. The molecule has 2 amide bonds. The molecule has 6 heteroatoms. The standard InChI is InChI=1S/C14H27N3O3/c1-15-10-7-11-17(2)13(20)16-14(12(18)19)8-5-3-4-6-9-14/h15H,3-11H2,1-2H3,(H,16,20)(H,18,19). The van der Waals surface area contributed by atoms with Gasteiger partial charge in [0.25, 0.3) is 0 Å². The van der Waals surface area contributed by atoms with Gasteiger partial charge in [0.2, 0.25) is 0 Å². The van der Waals surface area contributed by atoms with Crippen LogP contribution in [0.25, 0.3) is 0 Å². The summed E-state index contributed by atoms with van der Waals surface area (Å²) in [5, 5.41) is 15.3. The van der Waals surface area contributed by atoms with E-state index in [0.717, 1.165) is 38.6 Å². The van der Waals surface area contributed by atoms with Crippen LogP contribution in [0.2, 0.25) is 0 Å². The molecule has 1 rings (SSSR count). The van der Waals surface area contributed by atoms with Gasteiger partial charge >= 0.3 is 12.0 Å². The molecule has 0 heterocycles. The van der Waals surface area contributed by atoms with E-state index < -0.39 is 11.5 Å². The molecule has 0 aromatic carbocycles. The topological polar surface area (TPSA) is 81.7 Å². The average molecular weight is 285 g/mol. The molecule has 0 bridgehead atoms. The summed E-state index contributed by atoms with van der Waals surface area (Å²) in [4.78, 5) is 25.3. The predicted octanol–water partition coefficient (Wildman–Crippen LogP) is 1.41. The van der Waals surface area contributed by atoms with E-state index in [1.807, 2.05) is 7.05 Å². The van der Waals surface area contributed by atoms with Crippen LogP contribution in [0.3, 0.4) is 0 Å². The van der Waals surface area contributed by atoms with Gasteiger partial charge in [-0.2, -0.15) is 0 Å². The number of nitrogens with one attached hydrogen (secondary N) is 2. The minimum atomic E-state index is -1.08. The lowest BCUT2D eigenvalue weighted by Gasteiger charge is -2.31. The fraction of sp³-hybridized carbons (Fsp3) is 0.857. The van der Waals surface area contributed by atoms with Crippen molar-refractivity contribution in [3.63, 3.8) is 0 Å². The molecular formula is C14H27N3O3. The number of rotatable bonds is 6. The van der Waals surface area contributed by atoms with Crippen LogP contribution in [0.5, 0.6) is 0 Å². The maximum atomic E-state index is 12.2. The Morgan fingerprint density at radius 3 is 2.30 bits per heavy atom. The smallest absolute Gasteiger partial charge is 0.329 e. The van der Waals surface area contributed by atoms with Crippen LogP contribution in [-0.4, -0.2) is 54.7 Å². The van der Waals surface area contributed by atoms with Crippen LogP contribution >= 0.6 is 0 Å². The predicted molar refractivity (Wildman–Crippen MR) is 77.8 cm³/mol. The minimum absolute atomic E-state index is 0.287. The van der Waals surface area contributed by atoms with Gasteiger partial charge in [0.1, 0.15) is 5.54 Å². The molecule has 0 saturated heterocycles. The minimum Gasteiger partial charge on any atom is -0.480 e. The molecule has 20 heavy (non-hydrogen) atoms. The van der Waals surface area contributed by atoms with Crippen LogP contribution in [0.15, 0.2) is 0 Å². The third-order valence-electron chi connectivity index (χ3n) is 3.98. The fourth-order valence-electron chi connectivity index (χ4n) is 2.62. The molecule has 1 saturated carbocycles. The van der Waals surface area contributed by atoms with Gasteiger partial charge in [0.05, 0.1) is 0 Å². The van der Waals surface area contributed by atoms with Crippen LogP contribution in [-0.2, 0) is 4.79 Å². The van der Waals surface area contributed by atoms with Gasteiger partial charge in [0, 0.05) is 13.6 Å². The molecule has 0 aromatic rings. The summed E-state index contributed by atoms with van der Waals surface area (Å²) in [6.45, 7) is 1.45. The lowest BCUT2D eigenvalue weighted by atomic mass is 9.90. The number of nitrogens with zero attached hydrogens (tertiary/aromatic N) is 1. The summed E-state index contributed by atoms with van der Waals surface area (Å²) in [5.41, 5.74) is -1.08. The summed E-state index contributed by atoms with van der Waals surface area (Å²) < 4.78 is 0. The number of hydrogen-bond donors (Lipinski definition) is 3. The number of carboxylic acids is 1. The number of carbonyl (C=O) groups is 2. The normalized spacial score (nSPS) is 18.1. The van der Waals surface area contributed by atoms with Crippen LogP contribution in [0, 0.1) is 0 Å². The van der Waals surface area contributed by atoms with Crippen molar-refractivity contribution < 1.29 is 14.7 Å². The van der Waals surface area contributed by atoms with E-state index in [2.05, 4.69) is 10.6 Å². The van der Waals surface area contributed by atoms with E-state index in [1.54, 1.807) is 11.9 Å². The van der Waals surface area contributed by atoms with Crippen LogP contribution in [0.4, 0.5) is 4.79 Å². The SMILES string of the molecule is CNCCCN(C)C(=O)NC1(C(=O)O)CCCCCC1. The quantitative estimate of drug-likeness (QED) is 0.509. The van der Waals surface area contributed by atoms with Crippen molar-refractivity contribution in [3.8, 4) is 0 Å². The van der Waals surface area contributed by atoms with Crippen molar-refractivity contribution in [3.05, 3.63) is 0 Å². The summed E-state index contributed by atoms with van der Waals surface area (Å²) in [5.74, 6) is -0.906. The van der Waals surface area contributed by atoms with Gasteiger partial charge in [-0.05, 0) is 32.9 Å². The highest BCUT2D eigenvalue weighted by Gasteiger charge is 2.40. The zero-order valence-electron chi connectivity index (χ0n) is 12.6. The summed E-state index contributed by atoms with van der Waals surface area (Å²) in [6.07, 6.45) is 5.70. The molecule has 0 radical (unpaired) electrons. The largest absolute Gasteiger partial charge is 0.480 e. The molecule has 1 aliphatic rings. The Bertz CT molecular complexity index is 326. The molecule has 0 aliphatic heterocycles. The second-order valence-corrected chi connectivity index (χ2v) is 5.61. The first-order valence-electron chi connectivity index (χ1n) is 7.43. The summed E-state index contributed by atoms with van der Waals surface area (Å²) in [7, 11) is 3.57. The molecule has 116 valence electrons. The molecule has 3 N–H and O–H groups in total. The van der Waals surface area contributed by atoms with Crippen molar-refractivity contribution in [2.75, 3.05) is 27.2 Å². The lowest BCUT2D eigenvalue weighted by Crippen LogP contribution is -2.57. The number of urea groups is 1. The van der Waals surface area contributed by atoms with Gasteiger partial charge in [0.15, 0.2) is 0 Å². The van der Waals surface area contributed by atoms with E-state index in [0.29, 0.717) is 19.4 Å². The summed E-state index contributed by atoms with van der Waals surface area (Å²) in [6, 6.07) is -0.287. The van der Waals surface area contributed by atoms with Crippen molar-refractivity contribution in [2.24, 2.45) is 0 Å². The molecule has 1 fully saturated rings. The molecular weight excluding hydrogens is 258 g/mol. The Morgan fingerprint density at radius 1 is 1.20 bits per heavy atom. The van der Waals surface area contributed by atoms with Crippen molar-refractivity contribution in [2.45, 2.75) is 50.5 Å². The van der Waals surface area contributed by atoms with Gasteiger partial charge in [-0.3, -0.25) is 0 Å². The van der Waals surface area contributed by atoms with E-state index in [-0.39, 0.29) is 6.03 Å². The third kappa shape index (κ3) is 4.67. The van der Waals surface area contributed by atoms with Crippen molar-refractivity contribution in [1.82, 2.24) is 15.5 Å². The summed E-state index contributed by atoms with van der Waals surface area (Å²) >= 11 is 0. The first-order valence-corrected chi connectivity index (χ1v) is 7.43. The number of carbonyl (C=O) groups excluding carboxylic acids is 1. The Kier molecular flexibility index (Phi) is 6.78. The molecule has 1 aliphatic carbocycles. The van der Waals surface area contributed by atoms with Crippen molar-refractivity contribution in [1.29, 1.82) is 0 Å². The Hall–Kier alpha value is -1.30. The Morgan fingerprint density at radius 2 is 1.80 bits per heavy atom.